The van der Waals surface area contributed by atoms with Crippen LogP contribution in [0.2, 0.25) is 0 Å². The van der Waals surface area contributed by atoms with Gasteiger partial charge >= 0.3 is 0 Å². The van der Waals surface area contributed by atoms with Crippen LogP contribution in [0.25, 0.3) is 0 Å². The molecule has 0 aromatic heterocycles. The zero-order chi connectivity index (χ0) is 16.4. The van der Waals surface area contributed by atoms with E-state index in [2.05, 4.69) is 4.72 Å². The molecular weight excluding hydrogens is 312 g/mol. The number of rotatable bonds is 4. The summed E-state index contributed by atoms with van der Waals surface area (Å²) < 4.78 is 27.7. The highest BCUT2D eigenvalue weighted by Crippen LogP contribution is 2.24. The van der Waals surface area contributed by atoms with E-state index >= 15 is 0 Å². The van der Waals surface area contributed by atoms with Gasteiger partial charge in [0.25, 0.3) is 0 Å². The van der Waals surface area contributed by atoms with E-state index in [1.54, 1.807) is 24.0 Å². The van der Waals surface area contributed by atoms with Crippen LogP contribution >= 0.6 is 0 Å². The molecule has 1 heterocycles. The van der Waals surface area contributed by atoms with Gasteiger partial charge in [-0.1, -0.05) is 6.07 Å². The summed E-state index contributed by atoms with van der Waals surface area (Å²) in [6, 6.07) is 4.61. The average Bonchev–Trinajstić information content (AvgIpc) is 3.07. The summed E-state index contributed by atoms with van der Waals surface area (Å²) in [6.45, 7) is 3.07. The molecule has 23 heavy (non-hydrogen) atoms. The van der Waals surface area contributed by atoms with Crippen molar-refractivity contribution in [1.29, 1.82) is 0 Å². The van der Waals surface area contributed by atoms with Gasteiger partial charge in [-0.05, 0) is 68.7 Å². The van der Waals surface area contributed by atoms with Gasteiger partial charge in [-0.2, -0.15) is 4.72 Å². The first kappa shape index (κ1) is 16.5. The molecule has 3 rings (SSSR count). The number of sulfonamides is 1. The molecule has 1 aromatic rings. The lowest BCUT2D eigenvalue weighted by Crippen LogP contribution is -2.45. The van der Waals surface area contributed by atoms with Gasteiger partial charge in [-0.3, -0.25) is 4.79 Å². The van der Waals surface area contributed by atoms with Crippen LogP contribution in [0.5, 0.6) is 0 Å². The average molecular weight is 336 g/mol. The number of aryl methyl sites for hydroxylation is 2. The van der Waals surface area contributed by atoms with E-state index in [0.717, 1.165) is 50.8 Å². The molecule has 5 nitrogen and oxygen atoms in total. The van der Waals surface area contributed by atoms with Gasteiger partial charge in [-0.15, -0.1) is 0 Å². The Kier molecular flexibility index (Phi) is 4.73. The molecule has 6 heteroatoms. The number of amides is 1. The van der Waals surface area contributed by atoms with Crippen molar-refractivity contribution in [3.8, 4) is 0 Å². The molecule has 1 aliphatic carbocycles. The van der Waals surface area contributed by atoms with Crippen LogP contribution in [0.4, 0.5) is 0 Å². The maximum atomic E-state index is 12.6. The van der Waals surface area contributed by atoms with Gasteiger partial charge in [0, 0.05) is 13.1 Å². The quantitative estimate of drug-likeness (QED) is 0.912. The zero-order valence-corrected chi connectivity index (χ0v) is 14.4. The summed E-state index contributed by atoms with van der Waals surface area (Å²) in [5.74, 6) is -0.135. The third kappa shape index (κ3) is 3.58. The number of carbonyl (C=O) groups is 1. The summed E-state index contributed by atoms with van der Waals surface area (Å²) in [5.41, 5.74) is 2.37. The van der Waals surface area contributed by atoms with Gasteiger partial charge in [0.15, 0.2) is 0 Å². The fourth-order valence-corrected chi connectivity index (χ4v) is 4.69. The Bertz CT molecular complexity index is 694. The predicted molar refractivity (Wildman–Crippen MR) is 88.7 cm³/mol. The molecule has 1 saturated heterocycles. The van der Waals surface area contributed by atoms with Crippen molar-refractivity contribution in [2.24, 2.45) is 0 Å². The van der Waals surface area contributed by atoms with Crippen molar-refractivity contribution in [2.75, 3.05) is 13.1 Å². The molecule has 0 bridgehead atoms. The monoisotopic (exact) mass is 336 g/mol. The molecule has 1 amide bonds. The van der Waals surface area contributed by atoms with E-state index in [9.17, 15) is 13.2 Å². The number of benzene rings is 1. The van der Waals surface area contributed by atoms with E-state index in [4.69, 9.17) is 0 Å². The summed E-state index contributed by atoms with van der Waals surface area (Å²) in [6.07, 6.45) is 6.21. The molecule has 1 aromatic carbocycles. The molecule has 1 atom stereocenters. The largest absolute Gasteiger partial charge is 0.341 e. The van der Waals surface area contributed by atoms with E-state index < -0.39 is 16.1 Å². The number of hydrogen-bond donors (Lipinski definition) is 1. The lowest BCUT2D eigenvalue weighted by atomic mass is 9.92. The zero-order valence-electron chi connectivity index (χ0n) is 13.5. The second-order valence-electron chi connectivity index (χ2n) is 6.51. The van der Waals surface area contributed by atoms with E-state index in [1.165, 1.54) is 12.0 Å². The fraction of sp³-hybridized carbons (Fsp3) is 0.588. The smallest absolute Gasteiger partial charge is 0.241 e. The normalized spacial score (nSPS) is 19.4. The minimum Gasteiger partial charge on any atom is -0.341 e. The number of nitrogens with one attached hydrogen (secondary N) is 1. The summed E-state index contributed by atoms with van der Waals surface area (Å²) in [7, 11) is -3.67. The molecule has 0 saturated carbocycles. The Labute approximate surface area is 138 Å². The maximum absolute atomic E-state index is 12.6. The first-order chi connectivity index (χ1) is 11.0. The number of hydrogen-bond acceptors (Lipinski definition) is 3. The van der Waals surface area contributed by atoms with E-state index in [-0.39, 0.29) is 10.8 Å². The van der Waals surface area contributed by atoms with Crippen LogP contribution in [-0.4, -0.2) is 38.4 Å². The molecule has 0 unspecified atom stereocenters. The molecule has 126 valence electrons. The highest BCUT2D eigenvalue weighted by atomic mass is 32.2. The third-order valence-corrected chi connectivity index (χ3v) is 6.29. The van der Waals surface area contributed by atoms with Crippen molar-refractivity contribution in [3.63, 3.8) is 0 Å². The molecule has 0 spiro atoms. The number of carbonyl (C=O) groups excluding carboxylic acids is 1. The van der Waals surface area contributed by atoms with Crippen LogP contribution in [0.3, 0.4) is 0 Å². The van der Waals surface area contributed by atoms with Gasteiger partial charge in [-0.25, -0.2) is 8.42 Å². The summed E-state index contributed by atoms with van der Waals surface area (Å²) in [5, 5.41) is 0. The van der Waals surface area contributed by atoms with E-state index in [0.29, 0.717) is 0 Å². The lowest BCUT2D eigenvalue weighted by molar-refractivity contribution is -0.131. The van der Waals surface area contributed by atoms with Crippen molar-refractivity contribution < 1.29 is 13.2 Å². The third-order valence-electron chi connectivity index (χ3n) is 4.75. The summed E-state index contributed by atoms with van der Waals surface area (Å²) >= 11 is 0. The highest BCUT2D eigenvalue weighted by Gasteiger charge is 2.27. The topological polar surface area (TPSA) is 66.5 Å². The predicted octanol–water partition coefficient (Wildman–Crippen LogP) is 1.85. The van der Waals surface area contributed by atoms with Gasteiger partial charge in [0.2, 0.25) is 15.9 Å². The van der Waals surface area contributed by atoms with Crippen LogP contribution in [0, 0.1) is 0 Å². The van der Waals surface area contributed by atoms with Crippen LogP contribution in [-0.2, 0) is 27.7 Å². The second kappa shape index (κ2) is 6.61. The lowest BCUT2D eigenvalue weighted by Gasteiger charge is -2.22. The molecule has 1 N–H and O–H groups in total. The minimum atomic E-state index is -3.67. The van der Waals surface area contributed by atoms with Crippen LogP contribution in [0.15, 0.2) is 23.1 Å². The second-order valence-corrected chi connectivity index (χ2v) is 8.23. The minimum absolute atomic E-state index is 0.135. The Morgan fingerprint density at radius 1 is 1.09 bits per heavy atom. The molecular formula is C17H24N2O3S. The van der Waals surface area contributed by atoms with Gasteiger partial charge < -0.3 is 4.90 Å². The van der Waals surface area contributed by atoms with Gasteiger partial charge in [0.1, 0.15) is 0 Å². The van der Waals surface area contributed by atoms with E-state index in [1.807, 2.05) is 6.07 Å². The fourth-order valence-electron chi connectivity index (χ4n) is 3.44. The SMILES string of the molecule is C[C@H](NS(=O)(=O)c1ccc2c(c1)CCCC2)C(=O)N1CCCC1. The first-order valence-corrected chi connectivity index (χ1v) is 9.88. The molecule has 1 fully saturated rings. The Morgan fingerprint density at radius 2 is 1.74 bits per heavy atom. The Balaban J connectivity index is 1.74. The summed E-state index contributed by atoms with van der Waals surface area (Å²) in [4.78, 5) is 14.3. The molecule has 1 aliphatic heterocycles. The molecule has 2 aliphatic rings. The Hall–Kier alpha value is -1.40. The van der Waals surface area contributed by atoms with Gasteiger partial charge in [0.05, 0.1) is 10.9 Å². The number of nitrogens with zero attached hydrogens (tertiary/aromatic N) is 1. The van der Waals surface area contributed by atoms with Crippen molar-refractivity contribution in [3.05, 3.63) is 29.3 Å². The Morgan fingerprint density at radius 3 is 2.43 bits per heavy atom. The number of likely N-dealkylation sites (tertiary alicyclic amines) is 1. The van der Waals surface area contributed by atoms with Crippen molar-refractivity contribution >= 4 is 15.9 Å². The van der Waals surface area contributed by atoms with Crippen LogP contribution < -0.4 is 4.72 Å². The maximum Gasteiger partial charge on any atom is 0.241 e. The van der Waals surface area contributed by atoms with Crippen molar-refractivity contribution in [1.82, 2.24) is 9.62 Å². The van der Waals surface area contributed by atoms with Crippen molar-refractivity contribution in [2.45, 2.75) is 56.4 Å². The van der Waals surface area contributed by atoms with Crippen LogP contribution in [0.1, 0.15) is 43.7 Å². The first-order valence-electron chi connectivity index (χ1n) is 8.40. The number of fused-ring (bicyclic) bond motifs is 1. The molecule has 0 radical (unpaired) electrons. The standard InChI is InChI=1S/C17H24N2O3S/c1-13(17(20)19-10-4-5-11-19)18-23(21,22)16-9-8-14-6-2-3-7-15(14)12-16/h8-9,12-13,18H,2-7,10-11H2,1H3/t13-/m0/s1. The highest BCUT2D eigenvalue weighted by molar-refractivity contribution is 7.89.